The van der Waals surface area contributed by atoms with Gasteiger partial charge in [-0.05, 0) is 30.3 Å². The van der Waals surface area contributed by atoms with E-state index < -0.39 is 14.9 Å². The minimum absolute atomic E-state index is 0.0499. The third kappa shape index (κ3) is 5.68. The van der Waals surface area contributed by atoms with E-state index in [2.05, 4.69) is 20.8 Å². The molecule has 0 saturated heterocycles. The van der Waals surface area contributed by atoms with E-state index in [1.54, 1.807) is 30.3 Å². The summed E-state index contributed by atoms with van der Waals surface area (Å²) in [5.74, 6) is -0.171. The summed E-state index contributed by atoms with van der Waals surface area (Å²) in [5.41, 5.74) is 3.40. The summed E-state index contributed by atoms with van der Waals surface area (Å²) in [6.45, 7) is 0. The van der Waals surface area contributed by atoms with Crippen LogP contribution >= 0.6 is 0 Å². The average Bonchev–Trinajstić information content (AvgIpc) is 2.75. The number of nitrogens with two attached hydrogens (primary N) is 1. The maximum atomic E-state index is 11.3. The molecule has 158 valence electrons. The largest absolute Gasteiger partial charge is 0.506 e. The van der Waals surface area contributed by atoms with Crippen LogP contribution in [0.4, 0.5) is 17.1 Å². The van der Waals surface area contributed by atoms with Crippen LogP contribution in [-0.4, -0.2) is 24.3 Å². The van der Waals surface area contributed by atoms with Crippen LogP contribution < -0.4 is 10.6 Å². The second-order valence-electron chi connectivity index (χ2n) is 6.11. The van der Waals surface area contributed by atoms with E-state index in [0.29, 0.717) is 11.3 Å². The molecule has 31 heavy (non-hydrogen) atoms. The van der Waals surface area contributed by atoms with Crippen molar-refractivity contribution in [1.82, 2.24) is 0 Å². The number of nitro benzene ring substituents is 1. The number of hydrogen-bond donors (Lipinski definition) is 3. The number of hydrogen-bond acceptors (Lipinski definition) is 8. The van der Waals surface area contributed by atoms with Crippen LogP contribution in [0.3, 0.4) is 0 Å². The van der Waals surface area contributed by atoms with Gasteiger partial charge >= 0.3 is 0 Å². The van der Waals surface area contributed by atoms with Crippen LogP contribution in [0.1, 0.15) is 5.56 Å². The van der Waals surface area contributed by atoms with Gasteiger partial charge in [0.2, 0.25) is 15.9 Å². The maximum Gasteiger partial charge on any atom is 0.271 e. The molecule has 0 radical (unpaired) electrons. The average molecular weight is 440 g/mol. The fourth-order valence-electron chi connectivity index (χ4n) is 2.38. The van der Waals surface area contributed by atoms with Crippen molar-refractivity contribution in [3.63, 3.8) is 0 Å². The minimum Gasteiger partial charge on any atom is -0.506 e. The molecule has 0 aliphatic heterocycles. The summed E-state index contributed by atoms with van der Waals surface area (Å²) in [6, 6.07) is 17.7. The van der Waals surface area contributed by atoms with Crippen molar-refractivity contribution >= 4 is 32.9 Å². The van der Waals surface area contributed by atoms with Gasteiger partial charge in [0.05, 0.1) is 15.5 Å². The zero-order valence-electron chi connectivity index (χ0n) is 15.8. The number of phenolic OH excluding ortho intramolecular Hbond substituents is 1. The lowest BCUT2D eigenvalue weighted by molar-refractivity contribution is -0.384. The summed E-state index contributed by atoms with van der Waals surface area (Å²) in [6.07, 6.45) is 0. The number of non-ortho nitro benzene ring substituents is 1. The molecule has 0 spiro atoms. The Hall–Kier alpha value is -4.16. The van der Waals surface area contributed by atoms with Crippen LogP contribution in [0, 0.1) is 10.1 Å². The molecule has 3 aromatic carbocycles. The molecule has 0 atom stereocenters. The number of amidine groups is 1. The Labute approximate surface area is 176 Å². The molecule has 3 rings (SSSR count). The zero-order valence-corrected chi connectivity index (χ0v) is 16.6. The van der Waals surface area contributed by atoms with Gasteiger partial charge in [0.1, 0.15) is 11.4 Å². The van der Waals surface area contributed by atoms with Crippen molar-refractivity contribution in [1.29, 1.82) is 0 Å². The summed E-state index contributed by atoms with van der Waals surface area (Å²) < 4.78 is 22.7. The van der Waals surface area contributed by atoms with Gasteiger partial charge in [0.15, 0.2) is 0 Å². The van der Waals surface area contributed by atoms with Gasteiger partial charge in [0, 0.05) is 17.7 Å². The van der Waals surface area contributed by atoms with Gasteiger partial charge in [-0.3, -0.25) is 15.5 Å². The third-order valence-electron chi connectivity index (χ3n) is 3.93. The summed E-state index contributed by atoms with van der Waals surface area (Å²) in [4.78, 5) is 10.3. The number of benzene rings is 3. The van der Waals surface area contributed by atoms with Crippen LogP contribution in [0.5, 0.6) is 5.75 Å². The van der Waals surface area contributed by atoms with E-state index in [0.717, 1.165) is 18.2 Å². The summed E-state index contributed by atoms with van der Waals surface area (Å²) in [7, 11) is -3.82. The molecule has 0 aromatic heterocycles. The standard InChI is InChI=1S/C19H16N6O5S/c20-31(29,30)16-9-6-14(7-10-16)21-23-19(13-4-2-1-3-5-13)24-22-17-12-15(25(27)28)8-11-18(17)26/h1-12,21,26H,(H2,20,29,30)/b23-19+,24-22?. The Balaban J connectivity index is 1.92. The Morgan fingerprint density at radius 1 is 1.03 bits per heavy atom. The fourth-order valence-corrected chi connectivity index (χ4v) is 2.89. The van der Waals surface area contributed by atoms with E-state index >= 15 is 0 Å². The van der Waals surface area contributed by atoms with Crippen molar-refractivity contribution in [2.45, 2.75) is 4.90 Å². The molecular formula is C19H16N6O5S. The Bertz CT molecular complexity index is 1260. The number of anilines is 1. The van der Waals surface area contributed by atoms with E-state index in [-0.39, 0.29) is 27.9 Å². The maximum absolute atomic E-state index is 11.3. The highest BCUT2D eigenvalue weighted by Gasteiger charge is 2.11. The molecule has 3 aromatic rings. The monoisotopic (exact) mass is 440 g/mol. The lowest BCUT2D eigenvalue weighted by Gasteiger charge is -2.05. The molecule has 0 heterocycles. The van der Waals surface area contributed by atoms with Crippen molar-refractivity contribution in [2.75, 3.05) is 5.43 Å². The SMILES string of the molecule is NS(=O)(=O)c1ccc(N/N=C(/N=Nc2cc([N+](=O)[O-])ccc2O)c2ccccc2)cc1. The van der Waals surface area contributed by atoms with Crippen molar-refractivity contribution in [3.8, 4) is 5.75 Å². The Morgan fingerprint density at radius 3 is 2.32 bits per heavy atom. The number of phenols is 1. The quantitative estimate of drug-likeness (QED) is 0.174. The topological polar surface area (TPSA) is 173 Å². The molecular weight excluding hydrogens is 424 g/mol. The van der Waals surface area contributed by atoms with Gasteiger partial charge in [-0.2, -0.15) is 5.10 Å². The molecule has 0 amide bonds. The molecule has 11 nitrogen and oxygen atoms in total. The lowest BCUT2D eigenvalue weighted by atomic mass is 10.2. The minimum atomic E-state index is -3.82. The predicted molar refractivity (Wildman–Crippen MR) is 114 cm³/mol. The van der Waals surface area contributed by atoms with Gasteiger partial charge in [-0.1, -0.05) is 30.3 Å². The first-order valence-electron chi connectivity index (χ1n) is 8.65. The van der Waals surface area contributed by atoms with E-state index in [4.69, 9.17) is 5.14 Å². The number of aromatic hydroxyl groups is 1. The molecule has 0 aliphatic rings. The molecule has 0 fully saturated rings. The smallest absolute Gasteiger partial charge is 0.271 e. The van der Waals surface area contributed by atoms with Crippen LogP contribution in [0.15, 0.2) is 93.0 Å². The zero-order chi connectivity index (χ0) is 22.4. The van der Waals surface area contributed by atoms with Crippen molar-refractivity contribution in [2.24, 2.45) is 20.5 Å². The number of nitrogens with one attached hydrogen (secondary N) is 1. The number of rotatable bonds is 6. The first kappa shape index (κ1) is 21.5. The van der Waals surface area contributed by atoms with Gasteiger partial charge in [-0.15, -0.1) is 10.2 Å². The van der Waals surface area contributed by atoms with E-state index in [1.807, 2.05) is 0 Å². The van der Waals surface area contributed by atoms with Gasteiger partial charge in [-0.25, -0.2) is 13.6 Å². The molecule has 12 heteroatoms. The molecule has 0 bridgehead atoms. The van der Waals surface area contributed by atoms with Crippen LogP contribution in [-0.2, 0) is 10.0 Å². The highest BCUT2D eigenvalue weighted by molar-refractivity contribution is 7.89. The molecule has 4 N–H and O–H groups in total. The first-order valence-corrected chi connectivity index (χ1v) is 10.2. The Kier molecular flexibility index (Phi) is 6.33. The summed E-state index contributed by atoms with van der Waals surface area (Å²) in [5, 5.41) is 38.0. The van der Waals surface area contributed by atoms with Gasteiger partial charge in [0.25, 0.3) is 5.69 Å². The number of sulfonamides is 1. The number of nitrogens with zero attached hydrogens (tertiary/aromatic N) is 4. The van der Waals surface area contributed by atoms with Crippen molar-refractivity contribution in [3.05, 3.63) is 88.5 Å². The predicted octanol–water partition coefficient (Wildman–Crippen LogP) is 3.51. The molecule has 0 unspecified atom stereocenters. The Morgan fingerprint density at radius 2 is 1.71 bits per heavy atom. The molecule has 0 saturated carbocycles. The third-order valence-corrected chi connectivity index (χ3v) is 4.86. The van der Waals surface area contributed by atoms with E-state index in [9.17, 15) is 23.6 Å². The second kappa shape index (κ2) is 9.11. The van der Waals surface area contributed by atoms with Crippen molar-refractivity contribution < 1.29 is 18.4 Å². The van der Waals surface area contributed by atoms with Crippen LogP contribution in [0.25, 0.3) is 0 Å². The number of hydrazone groups is 1. The van der Waals surface area contributed by atoms with E-state index in [1.165, 1.54) is 24.3 Å². The second-order valence-corrected chi connectivity index (χ2v) is 7.67. The normalized spacial score (nSPS) is 12.1. The molecule has 0 aliphatic carbocycles. The number of nitro groups is 1. The van der Waals surface area contributed by atoms with Crippen LogP contribution in [0.2, 0.25) is 0 Å². The first-order chi connectivity index (χ1) is 14.7. The highest BCUT2D eigenvalue weighted by Crippen LogP contribution is 2.30. The highest BCUT2D eigenvalue weighted by atomic mass is 32.2. The fraction of sp³-hybridized carbons (Fsp3) is 0. The number of primary sulfonamides is 1. The lowest BCUT2D eigenvalue weighted by Crippen LogP contribution is -2.11. The van der Waals surface area contributed by atoms with Gasteiger partial charge < -0.3 is 5.11 Å². The number of azo groups is 1. The summed E-state index contributed by atoms with van der Waals surface area (Å²) >= 11 is 0.